The molecule has 0 fully saturated rings. The molecule has 0 spiro atoms. The van der Waals surface area contributed by atoms with E-state index in [1.54, 1.807) is 24.2 Å². The molecule has 96 valence electrons. The first-order valence-corrected chi connectivity index (χ1v) is 19.8. The maximum Gasteiger partial charge on any atom is 0.0366 e. The molecule has 0 unspecified atom stereocenters. The third-order valence-corrected chi connectivity index (χ3v) is 61.1. The van der Waals surface area contributed by atoms with E-state index in [9.17, 15) is 0 Å². The van der Waals surface area contributed by atoms with E-state index in [0.717, 1.165) is 0 Å². The van der Waals surface area contributed by atoms with E-state index in [0.29, 0.717) is 0 Å². The van der Waals surface area contributed by atoms with Crippen LogP contribution in [0.4, 0.5) is 0 Å². The molecule has 0 bridgehead atoms. The fraction of sp³-hybridized carbons (Fsp3) is 1.00. The van der Waals surface area contributed by atoms with Crippen molar-refractivity contribution < 1.29 is 0 Å². The monoisotopic (exact) mass is 288 g/mol. The van der Waals surface area contributed by atoms with Crippen LogP contribution < -0.4 is 0 Å². The second-order valence-electron chi connectivity index (χ2n) is 5.58. The van der Waals surface area contributed by atoms with Gasteiger partial charge in [0.1, 0.15) is 0 Å². The van der Waals surface area contributed by atoms with Gasteiger partial charge in [0.15, 0.2) is 0 Å². The molecule has 2 radical (unpaired) electrons. The Balaban J connectivity index is 5.58. The summed E-state index contributed by atoms with van der Waals surface area (Å²) < 4.78 is 0. The largest absolute Gasteiger partial charge is 0.0735 e. The Bertz CT molecular complexity index is 171. The molecule has 0 aromatic carbocycles. The molecule has 0 saturated heterocycles. The highest BCUT2D eigenvalue weighted by molar-refractivity contribution is 7.78. The predicted octanol–water partition coefficient (Wildman–Crippen LogP) is 4.71. The Morgan fingerprint density at radius 1 is 0.562 bits per heavy atom. The van der Waals surface area contributed by atoms with Gasteiger partial charge in [0.2, 0.25) is 0 Å². The molecule has 0 saturated carbocycles. The van der Waals surface area contributed by atoms with Crippen LogP contribution in [0.15, 0.2) is 0 Å². The highest BCUT2D eigenvalue weighted by Gasteiger charge is 2.53. The molecule has 0 amide bonds. The van der Waals surface area contributed by atoms with Crippen molar-refractivity contribution in [1.29, 1.82) is 0 Å². The van der Waals surface area contributed by atoms with E-state index < -0.39 is 14.2 Å². The SMILES string of the molecule is CC[Si](CC)([Si](C)C)[Si](CC)(CC)[Si](C)C. The minimum absolute atomic E-state index is 0.0330. The second kappa shape index (κ2) is 6.71. The molecular formula is C12H32Si4. The molecular weight excluding hydrogens is 256 g/mol. The average molecular weight is 289 g/mol. The first-order valence-electron chi connectivity index (χ1n) is 6.99. The topological polar surface area (TPSA) is 0 Å². The van der Waals surface area contributed by atoms with Crippen LogP contribution in [0.3, 0.4) is 0 Å². The van der Waals surface area contributed by atoms with Crippen LogP contribution in [0.25, 0.3) is 0 Å². The molecule has 0 atom stereocenters. The first kappa shape index (κ1) is 16.9. The zero-order chi connectivity index (χ0) is 13.0. The fourth-order valence-corrected chi connectivity index (χ4v) is 72.1. The quantitative estimate of drug-likeness (QED) is 0.595. The van der Waals surface area contributed by atoms with Gasteiger partial charge in [-0.15, -0.1) is 0 Å². The van der Waals surface area contributed by atoms with E-state index in [1.807, 2.05) is 0 Å². The average Bonchev–Trinajstić information content (AvgIpc) is 2.25. The molecule has 0 N–H and O–H groups in total. The maximum atomic E-state index is 2.64. The molecule has 0 rings (SSSR count). The minimum Gasteiger partial charge on any atom is -0.0735 e. The zero-order valence-electron chi connectivity index (χ0n) is 12.8. The number of hydrogen-bond donors (Lipinski definition) is 0. The lowest BCUT2D eigenvalue weighted by molar-refractivity contribution is 1.26. The van der Waals surface area contributed by atoms with Gasteiger partial charge in [0.05, 0.1) is 0 Å². The summed E-state index contributed by atoms with van der Waals surface area (Å²) in [5.74, 6) is 0. The van der Waals surface area contributed by atoms with Gasteiger partial charge >= 0.3 is 0 Å². The summed E-state index contributed by atoms with van der Waals surface area (Å²) in [6.07, 6.45) is 0. The predicted molar refractivity (Wildman–Crippen MR) is 88.4 cm³/mol. The van der Waals surface area contributed by atoms with Gasteiger partial charge in [-0.3, -0.25) is 0 Å². The lowest BCUT2D eigenvalue weighted by atomic mass is 10.9. The Morgan fingerprint density at radius 3 is 0.812 bits per heavy atom. The summed E-state index contributed by atoms with van der Waals surface area (Å²) in [6, 6.07) is 6.37. The molecule has 0 aliphatic carbocycles. The van der Waals surface area contributed by atoms with Gasteiger partial charge in [-0.1, -0.05) is 78.1 Å². The first-order chi connectivity index (χ1) is 7.38. The van der Waals surface area contributed by atoms with Crippen molar-refractivity contribution in [2.45, 2.75) is 78.1 Å². The van der Waals surface area contributed by atoms with Crippen LogP contribution in [-0.2, 0) is 0 Å². The number of rotatable bonds is 7. The van der Waals surface area contributed by atoms with Crippen LogP contribution >= 0.6 is 0 Å². The van der Waals surface area contributed by atoms with Gasteiger partial charge in [0.25, 0.3) is 0 Å². The van der Waals surface area contributed by atoms with Crippen LogP contribution in [0.2, 0.25) is 50.4 Å². The Morgan fingerprint density at radius 2 is 0.750 bits per heavy atom. The Labute approximate surface area is 109 Å². The standard InChI is InChI=1S/C12H32Si4/c1-9-15(10-2,13(5)6)16(11-3,12-4)14(7)8/h9-12H2,1-8H3. The number of hydrogen-bond acceptors (Lipinski definition) is 0. The van der Waals surface area contributed by atoms with E-state index in [4.69, 9.17) is 0 Å². The van der Waals surface area contributed by atoms with Gasteiger partial charge in [-0.2, -0.15) is 0 Å². The van der Waals surface area contributed by atoms with Crippen LogP contribution in [0, 0.1) is 0 Å². The Kier molecular flexibility index (Phi) is 7.07. The molecule has 0 aliphatic heterocycles. The molecule has 0 heterocycles. The fourth-order valence-electron chi connectivity index (χ4n) is 4.22. The van der Waals surface area contributed by atoms with E-state index >= 15 is 0 Å². The van der Waals surface area contributed by atoms with Crippen molar-refractivity contribution in [2.24, 2.45) is 0 Å². The van der Waals surface area contributed by atoms with Crippen molar-refractivity contribution in [2.75, 3.05) is 0 Å². The van der Waals surface area contributed by atoms with Crippen molar-refractivity contribution >= 4 is 30.8 Å². The van der Waals surface area contributed by atoms with Crippen molar-refractivity contribution in [1.82, 2.24) is 0 Å². The Hall–Kier alpha value is 0.868. The molecule has 16 heavy (non-hydrogen) atoms. The summed E-state index contributed by atoms with van der Waals surface area (Å²) in [7, 11) is -1.82. The molecule has 0 aromatic rings. The summed E-state index contributed by atoms with van der Waals surface area (Å²) >= 11 is 0. The summed E-state index contributed by atoms with van der Waals surface area (Å²) in [4.78, 5) is 0. The molecule has 0 aliphatic rings. The van der Waals surface area contributed by atoms with Gasteiger partial charge in [-0.05, 0) is 0 Å². The van der Waals surface area contributed by atoms with Gasteiger partial charge in [-0.25, -0.2) is 0 Å². The highest BCUT2D eigenvalue weighted by Crippen LogP contribution is 2.37. The van der Waals surface area contributed by atoms with Crippen LogP contribution in [0.1, 0.15) is 27.7 Å². The summed E-state index contributed by atoms with van der Waals surface area (Å²) in [6.45, 7) is 20.7. The normalized spacial score (nSPS) is 13.9. The van der Waals surface area contributed by atoms with Crippen molar-refractivity contribution in [3.8, 4) is 0 Å². The molecule has 0 nitrogen and oxygen atoms in total. The van der Waals surface area contributed by atoms with Crippen molar-refractivity contribution in [3.63, 3.8) is 0 Å². The molecule has 4 heteroatoms. The highest BCUT2D eigenvalue weighted by atomic mass is 29.8. The third kappa shape index (κ3) is 2.49. The van der Waals surface area contributed by atoms with E-state index in [-0.39, 0.29) is 16.6 Å². The lowest BCUT2D eigenvalue weighted by Gasteiger charge is -2.52. The summed E-state index contributed by atoms with van der Waals surface area (Å²) in [5, 5.41) is 0. The third-order valence-electron chi connectivity index (χ3n) is 5.24. The molecule has 0 aromatic heterocycles. The second-order valence-corrected chi connectivity index (χ2v) is 37.2. The smallest absolute Gasteiger partial charge is 0.0366 e. The maximum absolute atomic E-state index is 2.64. The minimum atomic E-state index is -0.878. The van der Waals surface area contributed by atoms with Crippen LogP contribution in [0.5, 0.6) is 0 Å². The van der Waals surface area contributed by atoms with E-state index in [2.05, 4.69) is 53.9 Å². The van der Waals surface area contributed by atoms with Crippen LogP contribution in [-0.4, -0.2) is 30.8 Å². The van der Waals surface area contributed by atoms with Crippen molar-refractivity contribution in [3.05, 3.63) is 0 Å². The lowest BCUT2D eigenvalue weighted by Crippen LogP contribution is -2.74. The van der Waals surface area contributed by atoms with Gasteiger partial charge < -0.3 is 0 Å². The van der Waals surface area contributed by atoms with Gasteiger partial charge in [0, 0.05) is 30.8 Å². The zero-order valence-corrected chi connectivity index (χ0v) is 16.8. The summed E-state index contributed by atoms with van der Waals surface area (Å²) in [5.41, 5.74) is 0. The van der Waals surface area contributed by atoms with E-state index in [1.165, 1.54) is 0 Å².